The monoisotopic (exact) mass is 227 g/mol. The summed E-state index contributed by atoms with van der Waals surface area (Å²) in [7, 11) is 1.78. The zero-order valence-electron chi connectivity index (χ0n) is 11.5. The normalized spacial score (nSPS) is 14.8. The van der Waals surface area contributed by atoms with E-state index in [0.717, 1.165) is 19.6 Å². The van der Waals surface area contributed by atoms with E-state index in [1.807, 2.05) is 0 Å². The number of ether oxygens (including phenoxy) is 1. The Morgan fingerprint density at radius 3 is 2.62 bits per heavy atom. The fourth-order valence-corrected chi connectivity index (χ4v) is 1.91. The molecule has 0 saturated carbocycles. The van der Waals surface area contributed by atoms with Crippen molar-refractivity contribution < 1.29 is 4.74 Å². The number of hydrogen-bond donors (Lipinski definition) is 1. The van der Waals surface area contributed by atoms with E-state index in [0.29, 0.717) is 12.0 Å². The summed E-state index contributed by atoms with van der Waals surface area (Å²) in [6.45, 7) is 12.5. The van der Waals surface area contributed by atoms with Crippen molar-refractivity contribution in [2.45, 2.75) is 52.5 Å². The molecule has 16 heavy (non-hydrogen) atoms. The first-order valence-electron chi connectivity index (χ1n) is 6.46. The van der Waals surface area contributed by atoms with E-state index in [-0.39, 0.29) is 0 Å². The van der Waals surface area contributed by atoms with Gasteiger partial charge in [0.05, 0.1) is 0 Å². The molecule has 0 aliphatic rings. The summed E-state index contributed by atoms with van der Waals surface area (Å²) in [5.41, 5.74) is 1.28. The molecule has 0 radical (unpaired) electrons. The van der Waals surface area contributed by atoms with Crippen LogP contribution in [0.4, 0.5) is 0 Å². The van der Waals surface area contributed by atoms with Crippen molar-refractivity contribution >= 4 is 0 Å². The second-order valence-electron chi connectivity index (χ2n) is 4.94. The first kappa shape index (κ1) is 15.7. The molecule has 0 aromatic carbocycles. The van der Waals surface area contributed by atoms with Crippen LogP contribution in [0.5, 0.6) is 0 Å². The molecule has 0 fully saturated rings. The first-order chi connectivity index (χ1) is 7.60. The zero-order chi connectivity index (χ0) is 12.4. The van der Waals surface area contributed by atoms with Crippen LogP contribution in [0, 0.1) is 5.92 Å². The van der Waals surface area contributed by atoms with Crippen LogP contribution in [0.2, 0.25) is 0 Å². The van der Waals surface area contributed by atoms with Crippen LogP contribution in [-0.4, -0.2) is 26.3 Å². The molecule has 0 bridgehead atoms. The lowest BCUT2D eigenvalue weighted by atomic mass is 9.97. The van der Waals surface area contributed by atoms with Gasteiger partial charge < -0.3 is 10.1 Å². The Morgan fingerprint density at radius 1 is 1.44 bits per heavy atom. The van der Waals surface area contributed by atoms with Crippen molar-refractivity contribution in [1.29, 1.82) is 0 Å². The molecule has 0 aliphatic carbocycles. The largest absolute Gasteiger partial charge is 0.384 e. The Bertz CT molecular complexity index is 180. The van der Waals surface area contributed by atoms with E-state index in [4.69, 9.17) is 4.74 Å². The number of nitrogens with one attached hydrogen (secondary N) is 1. The van der Waals surface area contributed by atoms with E-state index < -0.39 is 0 Å². The Kier molecular flexibility index (Phi) is 9.65. The summed E-state index contributed by atoms with van der Waals surface area (Å²) in [5.74, 6) is 0.629. The topological polar surface area (TPSA) is 21.3 Å². The maximum absolute atomic E-state index is 5.19. The van der Waals surface area contributed by atoms with Gasteiger partial charge in [0.15, 0.2) is 0 Å². The van der Waals surface area contributed by atoms with Crippen LogP contribution in [-0.2, 0) is 4.74 Å². The molecule has 2 atom stereocenters. The minimum atomic E-state index is 0.613. The molecule has 0 aliphatic heterocycles. The van der Waals surface area contributed by atoms with Gasteiger partial charge in [-0.1, -0.05) is 19.4 Å². The molecule has 0 heterocycles. The molecule has 1 N–H and O–H groups in total. The third-order valence-corrected chi connectivity index (χ3v) is 2.74. The smallest absolute Gasteiger partial charge is 0.0488 e. The minimum Gasteiger partial charge on any atom is -0.384 e. The molecule has 2 nitrogen and oxygen atoms in total. The van der Waals surface area contributed by atoms with E-state index in [1.165, 1.54) is 24.8 Å². The van der Waals surface area contributed by atoms with Crippen LogP contribution < -0.4 is 5.32 Å². The predicted octanol–water partition coefficient (Wildman–Crippen LogP) is 3.38. The molecule has 2 unspecified atom stereocenters. The van der Waals surface area contributed by atoms with Gasteiger partial charge in [-0.05, 0) is 45.1 Å². The van der Waals surface area contributed by atoms with Crippen LogP contribution >= 0.6 is 0 Å². The van der Waals surface area contributed by atoms with Gasteiger partial charge in [-0.25, -0.2) is 0 Å². The molecular formula is C14H29NO. The van der Waals surface area contributed by atoms with Crippen LogP contribution in [0.3, 0.4) is 0 Å². The van der Waals surface area contributed by atoms with Crippen molar-refractivity contribution in [1.82, 2.24) is 5.32 Å². The van der Waals surface area contributed by atoms with Gasteiger partial charge >= 0.3 is 0 Å². The lowest BCUT2D eigenvalue weighted by Crippen LogP contribution is -2.32. The minimum absolute atomic E-state index is 0.613. The highest BCUT2D eigenvalue weighted by molar-refractivity contribution is 4.89. The van der Waals surface area contributed by atoms with Gasteiger partial charge in [0, 0.05) is 19.8 Å². The van der Waals surface area contributed by atoms with E-state index in [2.05, 4.69) is 32.7 Å². The second-order valence-corrected chi connectivity index (χ2v) is 4.94. The summed E-state index contributed by atoms with van der Waals surface area (Å²) in [6.07, 6.45) is 4.72. The SMILES string of the molecule is C=C(C)CCC(CC(C)COC)NCCC. The van der Waals surface area contributed by atoms with Crippen molar-refractivity contribution in [3.05, 3.63) is 12.2 Å². The highest BCUT2D eigenvalue weighted by Crippen LogP contribution is 2.13. The van der Waals surface area contributed by atoms with Gasteiger partial charge in [0.2, 0.25) is 0 Å². The Hall–Kier alpha value is -0.340. The van der Waals surface area contributed by atoms with Gasteiger partial charge in [-0.3, -0.25) is 0 Å². The molecule has 0 aromatic heterocycles. The first-order valence-corrected chi connectivity index (χ1v) is 6.46. The van der Waals surface area contributed by atoms with Gasteiger partial charge in [0.25, 0.3) is 0 Å². The van der Waals surface area contributed by atoms with Crippen molar-refractivity contribution in [3.63, 3.8) is 0 Å². The third kappa shape index (κ3) is 8.93. The maximum atomic E-state index is 5.19. The predicted molar refractivity (Wildman–Crippen MR) is 71.8 cm³/mol. The molecule has 0 aromatic rings. The summed E-state index contributed by atoms with van der Waals surface area (Å²) in [4.78, 5) is 0. The van der Waals surface area contributed by atoms with Crippen molar-refractivity contribution in [2.24, 2.45) is 5.92 Å². The maximum Gasteiger partial charge on any atom is 0.0488 e. The standard InChI is InChI=1S/C14H29NO/c1-6-9-15-14(8-7-12(2)3)10-13(4)11-16-5/h13-15H,2,6-11H2,1,3-5H3. The van der Waals surface area contributed by atoms with Crippen LogP contribution in [0.25, 0.3) is 0 Å². The molecule has 0 saturated heterocycles. The lowest BCUT2D eigenvalue weighted by Gasteiger charge is -2.22. The lowest BCUT2D eigenvalue weighted by molar-refractivity contribution is 0.148. The molecule has 0 amide bonds. The van der Waals surface area contributed by atoms with Crippen LogP contribution in [0.1, 0.15) is 46.5 Å². The average Bonchev–Trinajstić information content (AvgIpc) is 2.22. The van der Waals surface area contributed by atoms with Gasteiger partial charge in [-0.2, -0.15) is 0 Å². The fourth-order valence-electron chi connectivity index (χ4n) is 1.91. The summed E-state index contributed by atoms with van der Waals surface area (Å²) < 4.78 is 5.19. The highest BCUT2D eigenvalue weighted by Gasteiger charge is 2.12. The van der Waals surface area contributed by atoms with E-state index in [9.17, 15) is 0 Å². The molecule has 0 spiro atoms. The molecule has 2 heteroatoms. The summed E-state index contributed by atoms with van der Waals surface area (Å²) in [6, 6.07) is 0.613. The third-order valence-electron chi connectivity index (χ3n) is 2.74. The van der Waals surface area contributed by atoms with Crippen molar-refractivity contribution in [2.75, 3.05) is 20.3 Å². The Labute approximate surface area is 101 Å². The fraction of sp³-hybridized carbons (Fsp3) is 0.857. The highest BCUT2D eigenvalue weighted by atomic mass is 16.5. The zero-order valence-corrected chi connectivity index (χ0v) is 11.5. The number of allylic oxidation sites excluding steroid dienone is 1. The average molecular weight is 227 g/mol. The van der Waals surface area contributed by atoms with E-state index >= 15 is 0 Å². The number of methoxy groups -OCH3 is 1. The summed E-state index contributed by atoms with van der Waals surface area (Å²) >= 11 is 0. The van der Waals surface area contributed by atoms with Gasteiger partial charge in [0.1, 0.15) is 0 Å². The van der Waals surface area contributed by atoms with Crippen molar-refractivity contribution in [3.8, 4) is 0 Å². The van der Waals surface area contributed by atoms with E-state index in [1.54, 1.807) is 7.11 Å². The van der Waals surface area contributed by atoms with Gasteiger partial charge in [-0.15, -0.1) is 6.58 Å². The van der Waals surface area contributed by atoms with Crippen LogP contribution in [0.15, 0.2) is 12.2 Å². The Morgan fingerprint density at radius 2 is 2.12 bits per heavy atom. The molecular weight excluding hydrogens is 198 g/mol. The number of rotatable bonds is 10. The number of hydrogen-bond acceptors (Lipinski definition) is 2. The quantitative estimate of drug-likeness (QED) is 0.578. The second kappa shape index (κ2) is 9.86. The Balaban J connectivity index is 3.92. The molecule has 0 rings (SSSR count). The molecule has 96 valence electrons. The summed E-state index contributed by atoms with van der Waals surface area (Å²) in [5, 5.41) is 3.62.